The normalized spacial score (nSPS) is 26.5. The van der Waals surface area contributed by atoms with E-state index in [1.54, 1.807) is 0 Å². The van der Waals surface area contributed by atoms with E-state index in [1.165, 1.54) is 0 Å². The van der Waals surface area contributed by atoms with Crippen molar-refractivity contribution < 1.29 is 9.53 Å². The number of unbranched alkanes of at least 4 members (excludes halogenated alkanes) is 1. The molecule has 3 heteroatoms. The van der Waals surface area contributed by atoms with Gasteiger partial charge in [-0.3, -0.25) is 0 Å². The molecule has 1 fully saturated rings. The number of carbonyl (C=O) groups is 1. The lowest BCUT2D eigenvalue weighted by atomic mass is 9.89. The minimum absolute atomic E-state index is 0.123. The van der Waals surface area contributed by atoms with E-state index in [0.29, 0.717) is 12.5 Å². The molecule has 1 rings (SSSR count). The van der Waals surface area contributed by atoms with Gasteiger partial charge in [0.1, 0.15) is 0 Å². The molecular formula is C12H23NO2. The maximum atomic E-state index is 11.6. The number of likely N-dealkylation sites (tertiary alicyclic amines) is 1. The Morgan fingerprint density at radius 3 is 2.73 bits per heavy atom. The number of ether oxygens (including phenoxy) is 1. The lowest BCUT2D eigenvalue weighted by Crippen LogP contribution is -2.42. The number of piperidine rings is 1. The van der Waals surface area contributed by atoms with E-state index < -0.39 is 0 Å². The van der Waals surface area contributed by atoms with Crippen LogP contribution >= 0.6 is 0 Å². The molecule has 1 heterocycles. The molecule has 0 N–H and O–H groups in total. The molecular weight excluding hydrogens is 190 g/mol. The van der Waals surface area contributed by atoms with Crippen LogP contribution in [0, 0.1) is 11.8 Å². The van der Waals surface area contributed by atoms with Gasteiger partial charge >= 0.3 is 6.09 Å². The van der Waals surface area contributed by atoms with Crippen LogP contribution in [0.2, 0.25) is 0 Å². The average Bonchev–Trinajstić information content (AvgIpc) is 2.22. The van der Waals surface area contributed by atoms with Gasteiger partial charge in [-0.1, -0.05) is 27.2 Å². The zero-order chi connectivity index (χ0) is 11.3. The quantitative estimate of drug-likeness (QED) is 0.675. The fourth-order valence-electron chi connectivity index (χ4n) is 1.82. The molecule has 88 valence electrons. The molecule has 0 aliphatic carbocycles. The van der Waals surface area contributed by atoms with Crippen LogP contribution in [0.15, 0.2) is 0 Å². The zero-order valence-electron chi connectivity index (χ0n) is 10.2. The second kappa shape index (κ2) is 5.99. The van der Waals surface area contributed by atoms with Gasteiger partial charge in [-0.25, -0.2) is 4.79 Å². The molecule has 3 nitrogen and oxygen atoms in total. The third-order valence-electron chi connectivity index (χ3n) is 3.32. The van der Waals surface area contributed by atoms with E-state index in [1.807, 2.05) is 4.90 Å². The molecule has 2 unspecified atom stereocenters. The summed E-state index contributed by atoms with van der Waals surface area (Å²) in [5.74, 6) is 1.32. The van der Waals surface area contributed by atoms with Crippen molar-refractivity contribution in [1.82, 2.24) is 4.90 Å². The first-order valence-electron chi connectivity index (χ1n) is 6.06. The summed E-state index contributed by atoms with van der Waals surface area (Å²) in [4.78, 5) is 13.5. The Morgan fingerprint density at radius 1 is 1.40 bits per heavy atom. The highest BCUT2D eigenvalue weighted by Crippen LogP contribution is 2.22. The maximum absolute atomic E-state index is 11.6. The third kappa shape index (κ3) is 3.73. The van der Waals surface area contributed by atoms with Gasteiger partial charge in [-0.05, 0) is 24.7 Å². The van der Waals surface area contributed by atoms with Crippen LogP contribution in [0.1, 0.15) is 40.0 Å². The van der Waals surface area contributed by atoms with Crippen LogP contribution < -0.4 is 0 Å². The van der Waals surface area contributed by atoms with Crippen LogP contribution in [0.25, 0.3) is 0 Å². The van der Waals surface area contributed by atoms with Crippen LogP contribution in [-0.2, 0) is 4.74 Å². The topological polar surface area (TPSA) is 29.5 Å². The van der Waals surface area contributed by atoms with Gasteiger partial charge in [0.2, 0.25) is 0 Å². The standard InChI is InChI=1S/C12H23NO2/c1-4-5-8-15-12(14)13-7-6-10(2)11(3)9-13/h10-11H,4-9H2,1-3H3. The predicted octanol–water partition coefficient (Wildman–Crippen LogP) is 2.90. The molecule has 0 saturated carbocycles. The largest absolute Gasteiger partial charge is 0.449 e. The Bertz CT molecular complexity index is 206. The highest BCUT2D eigenvalue weighted by Gasteiger charge is 2.26. The minimum Gasteiger partial charge on any atom is -0.449 e. The second-order valence-corrected chi connectivity index (χ2v) is 4.66. The molecule has 2 atom stereocenters. The van der Waals surface area contributed by atoms with Crippen molar-refractivity contribution in [3.8, 4) is 0 Å². The van der Waals surface area contributed by atoms with Crippen molar-refractivity contribution in [1.29, 1.82) is 0 Å². The summed E-state index contributed by atoms with van der Waals surface area (Å²) in [6, 6.07) is 0. The SMILES string of the molecule is CCCCOC(=O)N1CCC(C)C(C)C1. The molecule has 1 amide bonds. The van der Waals surface area contributed by atoms with Crippen molar-refractivity contribution >= 4 is 6.09 Å². The fraction of sp³-hybridized carbons (Fsp3) is 0.917. The second-order valence-electron chi connectivity index (χ2n) is 4.66. The summed E-state index contributed by atoms with van der Waals surface area (Å²) in [7, 11) is 0. The van der Waals surface area contributed by atoms with E-state index in [9.17, 15) is 4.79 Å². The third-order valence-corrected chi connectivity index (χ3v) is 3.32. The van der Waals surface area contributed by atoms with Gasteiger partial charge in [0.15, 0.2) is 0 Å². The molecule has 0 aromatic carbocycles. The minimum atomic E-state index is -0.123. The highest BCUT2D eigenvalue weighted by molar-refractivity contribution is 5.67. The van der Waals surface area contributed by atoms with Crippen LogP contribution in [-0.4, -0.2) is 30.7 Å². The molecule has 1 saturated heterocycles. The molecule has 0 aromatic heterocycles. The van der Waals surface area contributed by atoms with E-state index >= 15 is 0 Å². The predicted molar refractivity (Wildman–Crippen MR) is 60.8 cm³/mol. The lowest BCUT2D eigenvalue weighted by molar-refractivity contribution is 0.0742. The van der Waals surface area contributed by atoms with Gasteiger partial charge in [-0.2, -0.15) is 0 Å². The van der Waals surface area contributed by atoms with E-state index in [4.69, 9.17) is 4.74 Å². The summed E-state index contributed by atoms with van der Waals surface area (Å²) in [5, 5.41) is 0. The van der Waals surface area contributed by atoms with E-state index in [0.717, 1.165) is 38.3 Å². The van der Waals surface area contributed by atoms with Crippen LogP contribution in [0.3, 0.4) is 0 Å². The van der Waals surface area contributed by atoms with Gasteiger partial charge in [0.05, 0.1) is 6.61 Å². The highest BCUT2D eigenvalue weighted by atomic mass is 16.6. The summed E-state index contributed by atoms with van der Waals surface area (Å²) in [5.41, 5.74) is 0. The van der Waals surface area contributed by atoms with E-state index in [2.05, 4.69) is 20.8 Å². The average molecular weight is 213 g/mol. The summed E-state index contributed by atoms with van der Waals surface area (Å²) >= 11 is 0. The summed E-state index contributed by atoms with van der Waals surface area (Å²) in [6.45, 7) is 8.83. The Balaban J connectivity index is 2.28. The molecule has 0 aromatic rings. The Labute approximate surface area is 92.8 Å². The molecule has 0 bridgehead atoms. The number of rotatable bonds is 3. The van der Waals surface area contributed by atoms with Crippen molar-refractivity contribution in [2.45, 2.75) is 40.0 Å². The molecule has 1 aliphatic heterocycles. The molecule has 0 spiro atoms. The molecule has 1 aliphatic rings. The van der Waals surface area contributed by atoms with E-state index in [-0.39, 0.29) is 6.09 Å². The van der Waals surface area contributed by atoms with Crippen LogP contribution in [0.5, 0.6) is 0 Å². The smallest absolute Gasteiger partial charge is 0.409 e. The first-order valence-corrected chi connectivity index (χ1v) is 6.06. The maximum Gasteiger partial charge on any atom is 0.409 e. The fourth-order valence-corrected chi connectivity index (χ4v) is 1.82. The molecule has 0 radical (unpaired) electrons. The van der Waals surface area contributed by atoms with Crippen molar-refractivity contribution in [3.63, 3.8) is 0 Å². The Kier molecular flexibility index (Phi) is 4.92. The number of hydrogen-bond donors (Lipinski definition) is 0. The van der Waals surface area contributed by atoms with Crippen molar-refractivity contribution in [3.05, 3.63) is 0 Å². The van der Waals surface area contributed by atoms with Crippen molar-refractivity contribution in [2.75, 3.05) is 19.7 Å². The number of carbonyl (C=O) groups excluding carboxylic acids is 1. The number of hydrogen-bond acceptors (Lipinski definition) is 2. The summed E-state index contributed by atoms with van der Waals surface area (Å²) < 4.78 is 5.19. The van der Waals surface area contributed by atoms with Gasteiger partial charge in [0, 0.05) is 13.1 Å². The lowest BCUT2D eigenvalue weighted by Gasteiger charge is -2.34. The number of amides is 1. The monoisotopic (exact) mass is 213 g/mol. The Morgan fingerprint density at radius 2 is 2.13 bits per heavy atom. The van der Waals surface area contributed by atoms with Gasteiger partial charge in [0.25, 0.3) is 0 Å². The van der Waals surface area contributed by atoms with Crippen molar-refractivity contribution in [2.24, 2.45) is 11.8 Å². The van der Waals surface area contributed by atoms with Gasteiger partial charge in [-0.15, -0.1) is 0 Å². The first kappa shape index (κ1) is 12.3. The number of nitrogens with zero attached hydrogens (tertiary/aromatic N) is 1. The van der Waals surface area contributed by atoms with Gasteiger partial charge < -0.3 is 9.64 Å². The van der Waals surface area contributed by atoms with Crippen LogP contribution in [0.4, 0.5) is 4.79 Å². The Hall–Kier alpha value is -0.730. The molecule has 15 heavy (non-hydrogen) atoms. The zero-order valence-corrected chi connectivity index (χ0v) is 10.2. The first-order chi connectivity index (χ1) is 7.15. The summed E-state index contributed by atoms with van der Waals surface area (Å²) in [6.07, 6.45) is 3.01.